The van der Waals surface area contributed by atoms with E-state index in [0.717, 1.165) is 36.8 Å². The molecule has 98 valence electrons. The molecule has 0 saturated heterocycles. The second-order valence-electron chi connectivity index (χ2n) is 4.67. The molecule has 0 bridgehead atoms. The first kappa shape index (κ1) is 12.7. The molecule has 2 heterocycles. The Morgan fingerprint density at radius 3 is 2.67 bits per heavy atom. The van der Waals surface area contributed by atoms with Crippen LogP contribution in [0.2, 0.25) is 0 Å². The molecule has 0 aromatic carbocycles. The maximum atomic E-state index is 4.51. The van der Waals surface area contributed by atoms with Crippen LogP contribution in [0.1, 0.15) is 30.3 Å². The van der Waals surface area contributed by atoms with Gasteiger partial charge in [0.2, 0.25) is 5.95 Å². The molecule has 0 atom stereocenters. The van der Waals surface area contributed by atoms with Gasteiger partial charge in [-0.05, 0) is 20.3 Å². The molecule has 0 saturated carbocycles. The van der Waals surface area contributed by atoms with Crippen molar-refractivity contribution >= 4 is 5.95 Å². The third-order valence-corrected chi connectivity index (χ3v) is 2.91. The Bertz CT molecular complexity index is 523. The van der Waals surface area contributed by atoms with Crippen LogP contribution in [0.5, 0.6) is 0 Å². The molecule has 0 aliphatic rings. The fraction of sp³-hybridized carbons (Fsp3) is 0.538. The average molecular weight is 247 g/mol. The largest absolute Gasteiger partial charge is 0.351 e. The normalized spacial score (nSPS) is 10.9. The van der Waals surface area contributed by atoms with Gasteiger partial charge in [-0.15, -0.1) is 0 Å². The van der Waals surface area contributed by atoms with E-state index < -0.39 is 0 Å². The van der Waals surface area contributed by atoms with Gasteiger partial charge >= 0.3 is 0 Å². The van der Waals surface area contributed by atoms with Crippen molar-refractivity contribution in [3.05, 3.63) is 29.3 Å². The first-order valence-electron chi connectivity index (χ1n) is 6.37. The molecule has 5 nitrogen and oxygen atoms in total. The molecule has 0 unspecified atom stereocenters. The van der Waals surface area contributed by atoms with Crippen LogP contribution in [0, 0.1) is 13.8 Å². The number of anilines is 1. The lowest BCUT2D eigenvalue weighted by molar-refractivity contribution is 0.681. The van der Waals surface area contributed by atoms with Gasteiger partial charge in [0.1, 0.15) is 0 Å². The van der Waals surface area contributed by atoms with Gasteiger partial charge in [-0.25, -0.2) is 4.98 Å². The molecule has 1 N–H and O–H groups in total. The van der Waals surface area contributed by atoms with E-state index in [1.807, 2.05) is 31.8 Å². The van der Waals surface area contributed by atoms with Gasteiger partial charge in [0.25, 0.3) is 0 Å². The Morgan fingerprint density at radius 1 is 1.28 bits per heavy atom. The van der Waals surface area contributed by atoms with Gasteiger partial charge in [0.05, 0.1) is 11.4 Å². The summed E-state index contributed by atoms with van der Waals surface area (Å²) in [5, 5.41) is 7.72. The summed E-state index contributed by atoms with van der Waals surface area (Å²) >= 11 is 0. The smallest absolute Gasteiger partial charge is 0.203 e. The molecular formula is C13H21N5. The molecule has 0 radical (unpaired) electrons. The second kappa shape index (κ2) is 5.25. The number of hydrogen-bond acceptors (Lipinski definition) is 3. The molecule has 0 amide bonds. The Morgan fingerprint density at radius 2 is 2.06 bits per heavy atom. The third kappa shape index (κ3) is 2.72. The Hall–Kier alpha value is -1.78. The van der Waals surface area contributed by atoms with Crippen LogP contribution in [-0.2, 0) is 20.1 Å². The summed E-state index contributed by atoms with van der Waals surface area (Å²) in [6, 6.07) is 0. The minimum Gasteiger partial charge on any atom is -0.351 e. The van der Waals surface area contributed by atoms with Crippen LogP contribution < -0.4 is 5.32 Å². The topological polar surface area (TPSA) is 47.7 Å². The van der Waals surface area contributed by atoms with Gasteiger partial charge < -0.3 is 9.88 Å². The van der Waals surface area contributed by atoms with E-state index in [-0.39, 0.29) is 0 Å². The minimum atomic E-state index is 0.764. The molecule has 18 heavy (non-hydrogen) atoms. The molecule has 2 aromatic heterocycles. The summed E-state index contributed by atoms with van der Waals surface area (Å²) in [6.45, 7) is 7.98. The predicted molar refractivity (Wildman–Crippen MR) is 72.5 cm³/mol. The van der Waals surface area contributed by atoms with Crippen LogP contribution in [0.3, 0.4) is 0 Å². The van der Waals surface area contributed by atoms with Gasteiger partial charge in [-0.1, -0.05) is 6.92 Å². The number of rotatable bonds is 5. The molecule has 0 aliphatic heterocycles. The van der Waals surface area contributed by atoms with Gasteiger partial charge in [-0.3, -0.25) is 4.68 Å². The van der Waals surface area contributed by atoms with E-state index in [9.17, 15) is 0 Å². The Labute approximate surface area is 108 Å². The van der Waals surface area contributed by atoms with Crippen molar-refractivity contribution in [2.24, 2.45) is 7.05 Å². The SMILES string of the molecule is CCCn1cc(C)nc1NCc1cn(C)nc1C. The zero-order valence-electron chi connectivity index (χ0n) is 11.6. The lowest BCUT2D eigenvalue weighted by Crippen LogP contribution is -2.07. The molecule has 2 rings (SSSR count). The highest BCUT2D eigenvalue weighted by atomic mass is 15.3. The molecule has 0 aliphatic carbocycles. The second-order valence-corrected chi connectivity index (χ2v) is 4.67. The molecule has 2 aromatic rings. The number of imidazole rings is 1. The van der Waals surface area contributed by atoms with E-state index in [1.165, 1.54) is 5.56 Å². The third-order valence-electron chi connectivity index (χ3n) is 2.91. The number of nitrogens with one attached hydrogen (secondary N) is 1. The summed E-state index contributed by atoms with van der Waals surface area (Å²) < 4.78 is 4.01. The summed E-state index contributed by atoms with van der Waals surface area (Å²) in [6.07, 6.45) is 5.24. The van der Waals surface area contributed by atoms with Crippen LogP contribution in [0.4, 0.5) is 5.95 Å². The predicted octanol–water partition coefficient (Wildman–Crippen LogP) is 2.26. The highest BCUT2D eigenvalue weighted by Gasteiger charge is 2.07. The van der Waals surface area contributed by atoms with Crippen molar-refractivity contribution in [1.29, 1.82) is 0 Å². The van der Waals surface area contributed by atoms with E-state index in [0.29, 0.717) is 0 Å². The Balaban J connectivity index is 2.07. The zero-order valence-corrected chi connectivity index (χ0v) is 11.6. The highest BCUT2D eigenvalue weighted by Crippen LogP contribution is 2.12. The van der Waals surface area contributed by atoms with E-state index in [4.69, 9.17) is 0 Å². The minimum absolute atomic E-state index is 0.764. The van der Waals surface area contributed by atoms with Gasteiger partial charge in [0.15, 0.2) is 0 Å². The summed E-state index contributed by atoms with van der Waals surface area (Å²) in [4.78, 5) is 4.51. The maximum absolute atomic E-state index is 4.51. The Kier molecular flexibility index (Phi) is 3.69. The first-order chi connectivity index (χ1) is 8.60. The zero-order chi connectivity index (χ0) is 13.1. The van der Waals surface area contributed by atoms with Crippen molar-refractivity contribution in [2.75, 3.05) is 5.32 Å². The maximum Gasteiger partial charge on any atom is 0.203 e. The lowest BCUT2D eigenvalue weighted by Gasteiger charge is -2.07. The van der Waals surface area contributed by atoms with Crippen LogP contribution in [0.25, 0.3) is 0 Å². The van der Waals surface area contributed by atoms with Gasteiger partial charge in [-0.2, -0.15) is 5.10 Å². The quantitative estimate of drug-likeness (QED) is 0.881. The van der Waals surface area contributed by atoms with E-state index >= 15 is 0 Å². The van der Waals surface area contributed by atoms with Crippen LogP contribution >= 0.6 is 0 Å². The fourth-order valence-electron chi connectivity index (χ4n) is 2.10. The number of nitrogens with zero attached hydrogens (tertiary/aromatic N) is 4. The van der Waals surface area contributed by atoms with E-state index in [2.05, 4.69) is 33.1 Å². The average Bonchev–Trinajstić information content (AvgIpc) is 2.80. The van der Waals surface area contributed by atoms with Crippen molar-refractivity contribution < 1.29 is 0 Å². The summed E-state index contributed by atoms with van der Waals surface area (Å²) in [5.41, 5.74) is 3.32. The standard InChI is InChI=1S/C13H21N5/c1-5-6-18-8-10(2)15-13(18)14-7-12-9-17(4)16-11(12)3/h8-9H,5-7H2,1-4H3,(H,14,15). The molecular weight excluding hydrogens is 226 g/mol. The summed E-state index contributed by atoms with van der Waals surface area (Å²) in [5.74, 6) is 0.942. The van der Waals surface area contributed by atoms with E-state index in [1.54, 1.807) is 0 Å². The lowest BCUT2D eigenvalue weighted by atomic mass is 10.3. The van der Waals surface area contributed by atoms with Crippen molar-refractivity contribution in [2.45, 2.75) is 40.3 Å². The number of aryl methyl sites for hydroxylation is 4. The first-order valence-corrected chi connectivity index (χ1v) is 6.37. The molecule has 5 heteroatoms. The summed E-state index contributed by atoms with van der Waals surface area (Å²) in [7, 11) is 1.94. The van der Waals surface area contributed by atoms with Crippen molar-refractivity contribution in [1.82, 2.24) is 19.3 Å². The number of hydrogen-bond donors (Lipinski definition) is 1. The van der Waals surface area contributed by atoms with Crippen molar-refractivity contribution in [3.8, 4) is 0 Å². The van der Waals surface area contributed by atoms with Gasteiger partial charge in [0, 0.05) is 38.1 Å². The fourth-order valence-corrected chi connectivity index (χ4v) is 2.10. The van der Waals surface area contributed by atoms with Crippen LogP contribution in [-0.4, -0.2) is 19.3 Å². The molecule has 0 fully saturated rings. The number of aromatic nitrogens is 4. The van der Waals surface area contributed by atoms with Crippen LogP contribution in [0.15, 0.2) is 12.4 Å². The molecule has 0 spiro atoms. The highest BCUT2D eigenvalue weighted by molar-refractivity contribution is 5.31. The monoisotopic (exact) mass is 247 g/mol. The van der Waals surface area contributed by atoms with Crippen molar-refractivity contribution in [3.63, 3.8) is 0 Å².